The summed E-state index contributed by atoms with van der Waals surface area (Å²) in [4.78, 5) is 24.6. The number of hydrogen-bond acceptors (Lipinski definition) is 5. The zero-order valence-corrected chi connectivity index (χ0v) is 48.4. The van der Waals surface area contributed by atoms with E-state index < -0.39 is 12.1 Å². The van der Waals surface area contributed by atoms with Crippen molar-refractivity contribution in [3.63, 3.8) is 0 Å². The number of ether oxygens (including phenoxy) is 1. The number of allylic oxidation sites excluding steroid dienone is 5. The predicted octanol–water partition coefficient (Wildman–Crippen LogP) is 20.4. The lowest BCUT2D eigenvalue weighted by atomic mass is 10.0. The van der Waals surface area contributed by atoms with E-state index in [4.69, 9.17) is 4.74 Å². The second-order valence-electron chi connectivity index (χ2n) is 22.1. The van der Waals surface area contributed by atoms with Gasteiger partial charge < -0.3 is 20.3 Å². The zero-order chi connectivity index (χ0) is 52.2. The smallest absolute Gasteiger partial charge is 0.305 e. The molecule has 3 N–H and O–H groups in total. The summed E-state index contributed by atoms with van der Waals surface area (Å²) in [5.41, 5.74) is 0. The molecule has 0 heterocycles. The maximum absolute atomic E-state index is 12.5. The molecule has 72 heavy (non-hydrogen) atoms. The zero-order valence-electron chi connectivity index (χ0n) is 48.4. The molecular formula is C66H125NO5. The van der Waals surface area contributed by atoms with Crippen LogP contribution < -0.4 is 5.32 Å². The molecule has 6 heteroatoms. The van der Waals surface area contributed by atoms with Crippen molar-refractivity contribution in [1.29, 1.82) is 0 Å². The van der Waals surface area contributed by atoms with Crippen LogP contribution in [-0.2, 0) is 14.3 Å². The average Bonchev–Trinajstić information content (AvgIpc) is 3.38. The van der Waals surface area contributed by atoms with E-state index in [1.165, 1.54) is 270 Å². The van der Waals surface area contributed by atoms with Crippen LogP contribution in [0.3, 0.4) is 0 Å². The van der Waals surface area contributed by atoms with E-state index in [1.54, 1.807) is 6.08 Å². The molecule has 0 aromatic carbocycles. The van der Waals surface area contributed by atoms with Crippen LogP contribution in [0, 0.1) is 0 Å². The third kappa shape index (κ3) is 57.4. The number of rotatable bonds is 60. The minimum atomic E-state index is -0.850. The summed E-state index contributed by atoms with van der Waals surface area (Å²) in [6.07, 6.45) is 77.5. The first-order valence-electron chi connectivity index (χ1n) is 32.3. The second kappa shape index (κ2) is 61.6. The minimum absolute atomic E-state index is 0.00284. The third-order valence-corrected chi connectivity index (χ3v) is 14.9. The molecule has 0 rings (SSSR count). The lowest BCUT2D eigenvalue weighted by Crippen LogP contribution is -2.45. The van der Waals surface area contributed by atoms with E-state index in [0.717, 1.165) is 51.4 Å². The SMILES string of the molecule is CCCCC/C=C\C/C=C\CCCCCCCCCC(=O)OCCCCCCCCCCCCCCCCCCCC(=O)NC(CO)C(O)/C=C/CCCCCCCCCCCCCCCCCCCCC. The predicted molar refractivity (Wildman–Crippen MR) is 315 cm³/mol. The first-order valence-corrected chi connectivity index (χ1v) is 32.3. The quantitative estimate of drug-likeness (QED) is 0.0320. The standard InChI is InChI=1S/C66H125NO5/c1-3-5-7-9-11-13-15-17-19-21-22-23-24-27-30-34-38-42-46-50-54-58-64(69)63(62-68)67-65(70)59-55-51-47-43-39-35-31-28-25-29-33-37-41-45-49-53-57-61-72-66(71)60-56-52-48-44-40-36-32-26-20-18-16-14-12-10-8-6-4-2/h12,14,18,20,54,58,63-64,68-69H,3-11,13,15-17,19,21-53,55-57,59-62H2,1-2H3,(H,67,70)/b14-12-,20-18-,58-54+. The number of unbranched alkanes of at least 4 members (excludes halogenated alkanes) is 45. The monoisotopic (exact) mass is 1010 g/mol. The molecule has 2 unspecified atom stereocenters. The van der Waals surface area contributed by atoms with Gasteiger partial charge in [-0.3, -0.25) is 9.59 Å². The summed E-state index contributed by atoms with van der Waals surface area (Å²) in [5.74, 6) is -0.0735. The van der Waals surface area contributed by atoms with Gasteiger partial charge in [-0.15, -0.1) is 0 Å². The number of amides is 1. The number of aliphatic hydroxyl groups is 2. The van der Waals surface area contributed by atoms with Gasteiger partial charge in [-0.05, 0) is 64.2 Å². The van der Waals surface area contributed by atoms with Gasteiger partial charge in [0.05, 0.1) is 25.4 Å². The van der Waals surface area contributed by atoms with E-state index in [2.05, 4.69) is 43.5 Å². The maximum atomic E-state index is 12.5. The summed E-state index contributed by atoms with van der Waals surface area (Å²) in [6, 6.07) is -0.634. The Morgan fingerprint density at radius 2 is 0.694 bits per heavy atom. The second-order valence-corrected chi connectivity index (χ2v) is 22.1. The Hall–Kier alpha value is -1.92. The fourth-order valence-electron chi connectivity index (χ4n) is 9.96. The summed E-state index contributed by atoms with van der Waals surface area (Å²) in [7, 11) is 0. The van der Waals surface area contributed by atoms with Crippen molar-refractivity contribution in [3.05, 3.63) is 36.5 Å². The van der Waals surface area contributed by atoms with Crippen molar-refractivity contribution in [2.45, 2.75) is 360 Å². The van der Waals surface area contributed by atoms with Crippen LogP contribution in [-0.4, -0.2) is 47.4 Å². The van der Waals surface area contributed by atoms with Crippen LogP contribution in [0.1, 0.15) is 348 Å². The Bertz CT molecular complexity index is 1170. The molecule has 424 valence electrons. The van der Waals surface area contributed by atoms with E-state index in [1.807, 2.05) is 6.08 Å². The van der Waals surface area contributed by atoms with Crippen molar-refractivity contribution in [2.24, 2.45) is 0 Å². The van der Waals surface area contributed by atoms with Crippen molar-refractivity contribution in [3.8, 4) is 0 Å². The molecule has 0 saturated carbocycles. The van der Waals surface area contributed by atoms with Crippen molar-refractivity contribution >= 4 is 11.9 Å². The molecule has 1 amide bonds. The fraction of sp³-hybridized carbons (Fsp3) is 0.879. The number of hydrogen-bond donors (Lipinski definition) is 3. The number of carbonyl (C=O) groups excluding carboxylic acids is 2. The topological polar surface area (TPSA) is 95.9 Å². The lowest BCUT2D eigenvalue weighted by molar-refractivity contribution is -0.143. The molecule has 0 fully saturated rings. The minimum Gasteiger partial charge on any atom is -0.466 e. The van der Waals surface area contributed by atoms with Gasteiger partial charge in [0, 0.05) is 12.8 Å². The Morgan fingerprint density at radius 1 is 0.389 bits per heavy atom. The van der Waals surface area contributed by atoms with Gasteiger partial charge in [0.2, 0.25) is 5.91 Å². The molecule has 0 bridgehead atoms. The number of carbonyl (C=O) groups is 2. The normalized spacial score (nSPS) is 12.8. The van der Waals surface area contributed by atoms with Crippen LogP contribution in [0.5, 0.6) is 0 Å². The van der Waals surface area contributed by atoms with Crippen molar-refractivity contribution in [1.82, 2.24) is 5.32 Å². The highest BCUT2D eigenvalue weighted by Gasteiger charge is 2.18. The van der Waals surface area contributed by atoms with Gasteiger partial charge in [-0.1, -0.05) is 307 Å². The van der Waals surface area contributed by atoms with Crippen LogP contribution in [0.2, 0.25) is 0 Å². The summed E-state index contributed by atoms with van der Waals surface area (Å²) >= 11 is 0. The highest BCUT2D eigenvalue weighted by atomic mass is 16.5. The van der Waals surface area contributed by atoms with Gasteiger partial charge in [0.15, 0.2) is 0 Å². The molecule has 0 aliphatic heterocycles. The summed E-state index contributed by atoms with van der Waals surface area (Å²) in [5, 5.41) is 23.2. The number of esters is 1. The summed E-state index contributed by atoms with van der Waals surface area (Å²) in [6.45, 7) is 4.89. The molecule has 2 atom stereocenters. The first-order chi connectivity index (χ1) is 35.5. The van der Waals surface area contributed by atoms with Gasteiger partial charge in [0.1, 0.15) is 0 Å². The maximum Gasteiger partial charge on any atom is 0.305 e. The van der Waals surface area contributed by atoms with Crippen molar-refractivity contribution in [2.75, 3.05) is 13.2 Å². The fourth-order valence-corrected chi connectivity index (χ4v) is 9.96. The Kier molecular flexibility index (Phi) is 60.0. The highest BCUT2D eigenvalue weighted by Crippen LogP contribution is 2.18. The Labute approximate surface area is 449 Å². The largest absolute Gasteiger partial charge is 0.466 e. The Morgan fingerprint density at radius 3 is 1.08 bits per heavy atom. The molecule has 0 radical (unpaired) electrons. The number of aliphatic hydroxyl groups excluding tert-OH is 2. The van der Waals surface area contributed by atoms with E-state index in [9.17, 15) is 19.8 Å². The Balaban J connectivity index is 3.44. The van der Waals surface area contributed by atoms with E-state index in [0.29, 0.717) is 19.4 Å². The van der Waals surface area contributed by atoms with Crippen LogP contribution in [0.15, 0.2) is 36.5 Å². The van der Waals surface area contributed by atoms with Gasteiger partial charge in [0.25, 0.3) is 0 Å². The molecule has 0 aliphatic carbocycles. The highest BCUT2D eigenvalue weighted by molar-refractivity contribution is 5.76. The van der Waals surface area contributed by atoms with Gasteiger partial charge in [-0.25, -0.2) is 0 Å². The van der Waals surface area contributed by atoms with Crippen LogP contribution in [0.4, 0.5) is 0 Å². The van der Waals surface area contributed by atoms with Gasteiger partial charge >= 0.3 is 5.97 Å². The molecule has 0 saturated heterocycles. The lowest BCUT2D eigenvalue weighted by Gasteiger charge is -2.20. The average molecular weight is 1010 g/mol. The third-order valence-electron chi connectivity index (χ3n) is 14.9. The first kappa shape index (κ1) is 70.1. The summed E-state index contributed by atoms with van der Waals surface area (Å²) < 4.78 is 5.49. The van der Waals surface area contributed by atoms with E-state index >= 15 is 0 Å². The van der Waals surface area contributed by atoms with Crippen molar-refractivity contribution < 1.29 is 24.5 Å². The van der Waals surface area contributed by atoms with Crippen LogP contribution >= 0.6 is 0 Å². The van der Waals surface area contributed by atoms with E-state index in [-0.39, 0.29) is 18.5 Å². The molecular weight excluding hydrogens is 887 g/mol. The molecule has 0 aromatic heterocycles. The molecule has 6 nitrogen and oxygen atoms in total. The molecule has 0 aromatic rings. The number of nitrogens with one attached hydrogen (secondary N) is 1. The van der Waals surface area contributed by atoms with Crippen LogP contribution in [0.25, 0.3) is 0 Å². The van der Waals surface area contributed by atoms with Gasteiger partial charge in [-0.2, -0.15) is 0 Å². The molecule has 0 spiro atoms. The molecule has 0 aliphatic rings.